The minimum Gasteiger partial charge on any atom is -0.306 e. The first-order valence-electron chi connectivity index (χ1n) is 5.76. The van der Waals surface area contributed by atoms with Gasteiger partial charge >= 0.3 is 0 Å². The number of hydrogen-bond acceptors (Lipinski definition) is 1. The second-order valence-electron chi connectivity index (χ2n) is 4.98. The van der Waals surface area contributed by atoms with Crippen LogP contribution in [-0.4, -0.2) is 25.0 Å². The quantitative estimate of drug-likeness (QED) is 0.616. The van der Waals surface area contributed by atoms with Crippen molar-refractivity contribution in [3.05, 3.63) is 22.8 Å². The average molecular weight is 191 g/mol. The predicted octanol–water partition coefficient (Wildman–Crippen LogP) is 2.99. The van der Waals surface area contributed by atoms with Gasteiger partial charge in [-0.25, -0.2) is 0 Å². The van der Waals surface area contributed by atoms with Gasteiger partial charge in [-0.05, 0) is 37.8 Å². The third kappa shape index (κ3) is 1.93. The topological polar surface area (TPSA) is 3.24 Å². The van der Waals surface area contributed by atoms with Crippen LogP contribution in [0, 0.1) is 5.92 Å². The summed E-state index contributed by atoms with van der Waals surface area (Å²) >= 11 is 0. The molecule has 14 heavy (non-hydrogen) atoms. The second kappa shape index (κ2) is 3.90. The van der Waals surface area contributed by atoms with Crippen LogP contribution in [0.1, 0.15) is 33.1 Å². The Morgan fingerprint density at radius 3 is 2.64 bits per heavy atom. The molecule has 0 N–H and O–H groups in total. The standard InChI is InChI=1S/C13H21N/c1-10(2)13-8-11-4-6-14(3)7-5-12(11)9-13/h8,10H,4-7,9H2,1-3H3. The summed E-state index contributed by atoms with van der Waals surface area (Å²) in [5.41, 5.74) is 5.02. The summed E-state index contributed by atoms with van der Waals surface area (Å²) in [6.07, 6.45) is 6.29. The minimum atomic E-state index is 0.736. The molecular formula is C13H21N. The maximum Gasteiger partial charge on any atom is 0.00189 e. The van der Waals surface area contributed by atoms with Crippen molar-refractivity contribution in [2.24, 2.45) is 5.92 Å². The summed E-state index contributed by atoms with van der Waals surface area (Å²) in [6, 6.07) is 0. The summed E-state index contributed by atoms with van der Waals surface area (Å²) in [5, 5.41) is 0. The molecule has 0 unspecified atom stereocenters. The van der Waals surface area contributed by atoms with Crippen LogP contribution in [0.25, 0.3) is 0 Å². The molecule has 0 aromatic rings. The van der Waals surface area contributed by atoms with Gasteiger partial charge in [-0.1, -0.05) is 31.1 Å². The zero-order chi connectivity index (χ0) is 10.1. The van der Waals surface area contributed by atoms with Gasteiger partial charge in [0.25, 0.3) is 0 Å². The second-order valence-corrected chi connectivity index (χ2v) is 4.98. The molecule has 0 radical (unpaired) electrons. The molecule has 1 aliphatic heterocycles. The fourth-order valence-corrected chi connectivity index (χ4v) is 2.35. The smallest absolute Gasteiger partial charge is 0.00189 e. The third-order valence-corrected chi connectivity index (χ3v) is 3.53. The number of nitrogens with zero attached hydrogens (tertiary/aromatic N) is 1. The average Bonchev–Trinajstić information content (AvgIpc) is 2.48. The molecule has 1 nitrogen and oxygen atoms in total. The van der Waals surface area contributed by atoms with Gasteiger partial charge < -0.3 is 4.90 Å². The Balaban J connectivity index is 2.08. The largest absolute Gasteiger partial charge is 0.306 e. The van der Waals surface area contributed by atoms with Gasteiger partial charge in [0.15, 0.2) is 0 Å². The van der Waals surface area contributed by atoms with E-state index in [1.165, 1.54) is 32.4 Å². The van der Waals surface area contributed by atoms with Gasteiger partial charge in [0.05, 0.1) is 0 Å². The molecule has 78 valence electrons. The summed E-state index contributed by atoms with van der Waals surface area (Å²) in [5.74, 6) is 0.736. The van der Waals surface area contributed by atoms with Gasteiger partial charge in [0.2, 0.25) is 0 Å². The third-order valence-electron chi connectivity index (χ3n) is 3.53. The molecule has 0 saturated heterocycles. The van der Waals surface area contributed by atoms with Crippen molar-refractivity contribution in [1.82, 2.24) is 4.90 Å². The molecule has 0 amide bonds. The van der Waals surface area contributed by atoms with E-state index in [9.17, 15) is 0 Å². The monoisotopic (exact) mass is 191 g/mol. The van der Waals surface area contributed by atoms with E-state index in [2.05, 4.69) is 31.9 Å². The highest BCUT2D eigenvalue weighted by molar-refractivity contribution is 5.40. The van der Waals surface area contributed by atoms with E-state index in [4.69, 9.17) is 0 Å². The van der Waals surface area contributed by atoms with E-state index in [-0.39, 0.29) is 0 Å². The lowest BCUT2D eigenvalue weighted by Gasteiger charge is -2.14. The molecule has 1 heterocycles. The van der Waals surface area contributed by atoms with Gasteiger partial charge in [0, 0.05) is 13.1 Å². The number of allylic oxidation sites excluding steroid dienone is 2. The fourth-order valence-electron chi connectivity index (χ4n) is 2.35. The summed E-state index contributed by atoms with van der Waals surface area (Å²) in [4.78, 5) is 2.45. The number of rotatable bonds is 1. The Morgan fingerprint density at radius 1 is 1.21 bits per heavy atom. The molecule has 0 spiro atoms. The van der Waals surface area contributed by atoms with Crippen molar-refractivity contribution in [1.29, 1.82) is 0 Å². The highest BCUT2D eigenvalue weighted by Crippen LogP contribution is 2.34. The fraction of sp³-hybridized carbons (Fsp3) is 0.692. The lowest BCUT2D eigenvalue weighted by molar-refractivity contribution is 0.351. The highest BCUT2D eigenvalue weighted by atomic mass is 15.1. The van der Waals surface area contributed by atoms with E-state index in [1.54, 1.807) is 16.7 Å². The van der Waals surface area contributed by atoms with E-state index in [1.807, 2.05) is 0 Å². The number of hydrogen-bond donors (Lipinski definition) is 0. The van der Waals surface area contributed by atoms with Crippen LogP contribution in [0.2, 0.25) is 0 Å². The van der Waals surface area contributed by atoms with Crippen LogP contribution < -0.4 is 0 Å². The lowest BCUT2D eigenvalue weighted by atomic mass is 9.99. The first-order chi connectivity index (χ1) is 6.66. The van der Waals surface area contributed by atoms with Crippen LogP contribution in [0.15, 0.2) is 22.8 Å². The minimum absolute atomic E-state index is 0.736. The molecule has 0 fully saturated rings. The molecule has 0 saturated carbocycles. The Hall–Kier alpha value is -0.560. The predicted molar refractivity (Wildman–Crippen MR) is 61.3 cm³/mol. The SMILES string of the molecule is CC(C)C1=CC2=C(CCN(C)CC2)C1. The normalized spacial score (nSPS) is 23.9. The van der Waals surface area contributed by atoms with Crippen molar-refractivity contribution in [2.75, 3.05) is 20.1 Å². The molecule has 0 bridgehead atoms. The van der Waals surface area contributed by atoms with Gasteiger partial charge in [0.1, 0.15) is 0 Å². The van der Waals surface area contributed by atoms with Crippen LogP contribution in [-0.2, 0) is 0 Å². The molecule has 0 aromatic heterocycles. The molecule has 2 rings (SSSR count). The van der Waals surface area contributed by atoms with Crippen molar-refractivity contribution in [3.8, 4) is 0 Å². The van der Waals surface area contributed by atoms with Crippen molar-refractivity contribution < 1.29 is 0 Å². The van der Waals surface area contributed by atoms with E-state index < -0.39 is 0 Å². The molecule has 1 heteroatoms. The van der Waals surface area contributed by atoms with Crippen molar-refractivity contribution >= 4 is 0 Å². The van der Waals surface area contributed by atoms with Crippen LogP contribution in [0.5, 0.6) is 0 Å². The first-order valence-corrected chi connectivity index (χ1v) is 5.76. The highest BCUT2D eigenvalue weighted by Gasteiger charge is 2.20. The van der Waals surface area contributed by atoms with Gasteiger partial charge in [-0.2, -0.15) is 0 Å². The summed E-state index contributed by atoms with van der Waals surface area (Å²) < 4.78 is 0. The first kappa shape index (κ1) is 9.97. The zero-order valence-electron chi connectivity index (χ0n) is 9.64. The van der Waals surface area contributed by atoms with Crippen LogP contribution >= 0.6 is 0 Å². The Bertz CT molecular complexity index is 284. The zero-order valence-corrected chi connectivity index (χ0v) is 9.64. The Morgan fingerprint density at radius 2 is 1.93 bits per heavy atom. The molecule has 0 aromatic carbocycles. The Kier molecular flexibility index (Phi) is 2.78. The summed E-state index contributed by atoms with van der Waals surface area (Å²) in [7, 11) is 2.23. The van der Waals surface area contributed by atoms with Crippen molar-refractivity contribution in [3.63, 3.8) is 0 Å². The molecule has 2 aliphatic rings. The van der Waals surface area contributed by atoms with Crippen LogP contribution in [0.4, 0.5) is 0 Å². The van der Waals surface area contributed by atoms with E-state index >= 15 is 0 Å². The van der Waals surface area contributed by atoms with Crippen LogP contribution in [0.3, 0.4) is 0 Å². The molecule has 1 aliphatic carbocycles. The van der Waals surface area contributed by atoms with E-state index in [0.29, 0.717) is 0 Å². The van der Waals surface area contributed by atoms with Gasteiger partial charge in [-0.15, -0.1) is 0 Å². The maximum atomic E-state index is 2.47. The molecule has 0 atom stereocenters. The van der Waals surface area contributed by atoms with E-state index in [0.717, 1.165) is 5.92 Å². The molecular weight excluding hydrogens is 170 g/mol. The van der Waals surface area contributed by atoms with Crippen molar-refractivity contribution in [2.45, 2.75) is 33.1 Å². The Labute approximate surface area is 87.5 Å². The maximum absolute atomic E-state index is 2.47. The lowest BCUT2D eigenvalue weighted by Crippen LogP contribution is -2.19. The summed E-state index contributed by atoms with van der Waals surface area (Å²) in [6.45, 7) is 7.10. The van der Waals surface area contributed by atoms with Gasteiger partial charge in [-0.3, -0.25) is 0 Å².